The first-order chi connectivity index (χ1) is 7.79. The van der Waals surface area contributed by atoms with Crippen LogP contribution in [-0.4, -0.2) is 5.11 Å². The van der Waals surface area contributed by atoms with Gasteiger partial charge in [0.2, 0.25) is 0 Å². The maximum atomic E-state index is 13.4. The van der Waals surface area contributed by atoms with E-state index in [0.717, 1.165) is 0 Å². The van der Waals surface area contributed by atoms with E-state index >= 15 is 0 Å². The molecule has 1 unspecified atom stereocenters. The fourth-order valence-electron chi connectivity index (χ4n) is 1.29. The Kier molecular flexibility index (Phi) is 4.56. The minimum atomic E-state index is -0.941. The van der Waals surface area contributed by atoms with E-state index in [1.165, 1.54) is 18.2 Å². The molecule has 0 amide bonds. The first-order valence-corrected chi connectivity index (χ1v) is 5.80. The maximum absolute atomic E-state index is 13.4. The monoisotopic (exact) mass is 254 g/mol. The van der Waals surface area contributed by atoms with E-state index in [0.29, 0.717) is 5.02 Å². The topological polar surface area (TPSA) is 20.2 Å². The second-order valence-electron chi connectivity index (χ2n) is 4.94. The highest BCUT2D eigenvalue weighted by atomic mass is 35.5. The molecule has 1 atom stereocenters. The van der Waals surface area contributed by atoms with E-state index in [4.69, 9.17) is 11.6 Å². The number of benzene rings is 1. The van der Waals surface area contributed by atoms with Crippen LogP contribution in [0.25, 0.3) is 0 Å². The number of hydrogen-bond acceptors (Lipinski definition) is 1. The Hall–Kier alpha value is -1.04. The van der Waals surface area contributed by atoms with E-state index in [2.05, 4.69) is 11.8 Å². The van der Waals surface area contributed by atoms with Gasteiger partial charge in [-0.25, -0.2) is 4.39 Å². The predicted molar refractivity (Wildman–Crippen MR) is 68.2 cm³/mol. The van der Waals surface area contributed by atoms with Crippen LogP contribution in [0.1, 0.15) is 38.9 Å². The quantitative estimate of drug-likeness (QED) is 0.793. The van der Waals surface area contributed by atoms with Gasteiger partial charge in [-0.15, -0.1) is 0 Å². The van der Waals surface area contributed by atoms with Crippen molar-refractivity contribution in [3.63, 3.8) is 0 Å². The molecule has 0 aliphatic rings. The molecule has 0 aliphatic heterocycles. The molecule has 0 radical (unpaired) electrons. The van der Waals surface area contributed by atoms with Gasteiger partial charge in [-0.2, -0.15) is 0 Å². The van der Waals surface area contributed by atoms with E-state index in [-0.39, 0.29) is 17.4 Å². The van der Waals surface area contributed by atoms with Crippen molar-refractivity contribution in [3.8, 4) is 11.8 Å². The van der Waals surface area contributed by atoms with Gasteiger partial charge in [0, 0.05) is 22.4 Å². The molecule has 0 saturated heterocycles. The van der Waals surface area contributed by atoms with Crippen LogP contribution in [0.4, 0.5) is 4.39 Å². The summed E-state index contributed by atoms with van der Waals surface area (Å²) in [5, 5.41) is 10.2. The summed E-state index contributed by atoms with van der Waals surface area (Å²) in [6, 6.07) is 4.13. The second kappa shape index (κ2) is 5.53. The summed E-state index contributed by atoms with van der Waals surface area (Å²) in [6.07, 6.45) is -0.738. The van der Waals surface area contributed by atoms with Crippen molar-refractivity contribution >= 4 is 11.6 Å². The van der Waals surface area contributed by atoms with Gasteiger partial charge in [0.05, 0.1) is 6.10 Å². The van der Waals surface area contributed by atoms with E-state index in [1.54, 1.807) is 0 Å². The van der Waals surface area contributed by atoms with Crippen molar-refractivity contribution in [3.05, 3.63) is 34.6 Å². The summed E-state index contributed by atoms with van der Waals surface area (Å²) in [4.78, 5) is 0. The van der Waals surface area contributed by atoms with Gasteiger partial charge in [0.1, 0.15) is 5.82 Å². The van der Waals surface area contributed by atoms with E-state index in [1.807, 2.05) is 20.8 Å². The number of aliphatic hydroxyl groups is 1. The standard InChI is InChI=1S/C14H16ClFO/c1-14(2,3)8-4-5-13(17)11-9-10(15)6-7-12(11)16/h6-7,9,13,17H,5H2,1-3H3. The summed E-state index contributed by atoms with van der Waals surface area (Å²) in [6.45, 7) is 5.94. The molecular weight excluding hydrogens is 239 g/mol. The van der Waals surface area contributed by atoms with Gasteiger partial charge in [0.25, 0.3) is 0 Å². The Morgan fingerprint density at radius 3 is 2.65 bits per heavy atom. The maximum Gasteiger partial charge on any atom is 0.129 e. The SMILES string of the molecule is CC(C)(C)C#CCC(O)c1cc(Cl)ccc1F. The van der Waals surface area contributed by atoms with Crippen molar-refractivity contribution < 1.29 is 9.50 Å². The Morgan fingerprint density at radius 1 is 1.41 bits per heavy atom. The molecular formula is C14H16ClFO. The average molecular weight is 255 g/mol. The fourth-order valence-corrected chi connectivity index (χ4v) is 1.47. The highest BCUT2D eigenvalue weighted by molar-refractivity contribution is 6.30. The van der Waals surface area contributed by atoms with Crippen LogP contribution < -0.4 is 0 Å². The number of aliphatic hydroxyl groups excluding tert-OH is 1. The van der Waals surface area contributed by atoms with E-state index in [9.17, 15) is 9.50 Å². The predicted octanol–water partition coefficient (Wildman–Crippen LogP) is 3.95. The summed E-state index contributed by atoms with van der Waals surface area (Å²) in [5.41, 5.74) is 0.0766. The molecule has 3 heteroatoms. The smallest absolute Gasteiger partial charge is 0.129 e. The van der Waals surface area contributed by atoms with Gasteiger partial charge < -0.3 is 5.11 Å². The number of rotatable bonds is 2. The van der Waals surface area contributed by atoms with Crippen LogP contribution in [0.15, 0.2) is 18.2 Å². The fraction of sp³-hybridized carbons (Fsp3) is 0.429. The molecule has 0 aliphatic carbocycles. The zero-order valence-electron chi connectivity index (χ0n) is 10.2. The highest BCUT2D eigenvalue weighted by Crippen LogP contribution is 2.23. The molecule has 0 spiro atoms. The van der Waals surface area contributed by atoms with Crippen LogP contribution in [-0.2, 0) is 0 Å². The van der Waals surface area contributed by atoms with Gasteiger partial charge in [0.15, 0.2) is 0 Å². The van der Waals surface area contributed by atoms with E-state index < -0.39 is 11.9 Å². The van der Waals surface area contributed by atoms with Crippen LogP contribution in [0.5, 0.6) is 0 Å². The highest BCUT2D eigenvalue weighted by Gasteiger charge is 2.12. The van der Waals surface area contributed by atoms with Gasteiger partial charge in [-0.05, 0) is 39.0 Å². The van der Waals surface area contributed by atoms with Crippen molar-refractivity contribution in [2.75, 3.05) is 0 Å². The molecule has 1 rings (SSSR count). The van der Waals surface area contributed by atoms with Crippen LogP contribution >= 0.6 is 11.6 Å². The number of halogens is 2. The van der Waals surface area contributed by atoms with Crippen molar-refractivity contribution in [1.29, 1.82) is 0 Å². The lowest BCUT2D eigenvalue weighted by atomic mass is 9.97. The summed E-state index contributed by atoms with van der Waals surface area (Å²) < 4.78 is 13.4. The first kappa shape index (κ1) is 14.0. The van der Waals surface area contributed by atoms with Crippen LogP contribution in [0.3, 0.4) is 0 Å². The van der Waals surface area contributed by atoms with Crippen LogP contribution in [0, 0.1) is 23.1 Å². The molecule has 1 aromatic rings. The Morgan fingerprint density at radius 2 is 2.06 bits per heavy atom. The van der Waals surface area contributed by atoms with Crippen molar-refractivity contribution in [1.82, 2.24) is 0 Å². The van der Waals surface area contributed by atoms with Crippen molar-refractivity contribution in [2.45, 2.75) is 33.3 Å². The van der Waals surface area contributed by atoms with Gasteiger partial charge >= 0.3 is 0 Å². The number of hydrogen-bond donors (Lipinski definition) is 1. The molecule has 1 N–H and O–H groups in total. The van der Waals surface area contributed by atoms with Crippen LogP contribution in [0.2, 0.25) is 5.02 Å². The molecule has 17 heavy (non-hydrogen) atoms. The molecule has 92 valence electrons. The third-order valence-electron chi connectivity index (χ3n) is 2.08. The minimum Gasteiger partial charge on any atom is -0.387 e. The summed E-state index contributed by atoms with van der Waals surface area (Å²) >= 11 is 5.75. The molecule has 1 nitrogen and oxygen atoms in total. The third kappa shape index (κ3) is 4.77. The molecule has 0 aromatic heterocycles. The molecule has 1 aromatic carbocycles. The Bertz CT molecular complexity index is 452. The molecule has 0 saturated carbocycles. The third-order valence-corrected chi connectivity index (χ3v) is 2.31. The lowest BCUT2D eigenvalue weighted by Crippen LogP contribution is -2.02. The summed E-state index contributed by atoms with van der Waals surface area (Å²) in [7, 11) is 0. The molecule has 0 heterocycles. The van der Waals surface area contributed by atoms with Crippen molar-refractivity contribution in [2.24, 2.45) is 5.41 Å². The second-order valence-corrected chi connectivity index (χ2v) is 5.37. The minimum absolute atomic E-state index is 0.118. The molecule has 0 fully saturated rings. The largest absolute Gasteiger partial charge is 0.387 e. The Labute approximate surface area is 107 Å². The zero-order chi connectivity index (χ0) is 13.1. The first-order valence-electron chi connectivity index (χ1n) is 5.42. The van der Waals surface area contributed by atoms with Gasteiger partial charge in [-0.1, -0.05) is 23.4 Å². The summed E-state index contributed by atoms with van der Waals surface area (Å²) in [5.74, 6) is 5.39. The Balaban J connectivity index is 2.79. The lowest BCUT2D eigenvalue weighted by molar-refractivity contribution is 0.179. The molecule has 0 bridgehead atoms. The average Bonchev–Trinajstić information content (AvgIpc) is 2.19. The lowest BCUT2D eigenvalue weighted by Gasteiger charge is -2.10. The normalized spacial score (nSPS) is 12.8. The van der Waals surface area contributed by atoms with Gasteiger partial charge in [-0.3, -0.25) is 0 Å². The zero-order valence-corrected chi connectivity index (χ0v) is 11.0.